The summed E-state index contributed by atoms with van der Waals surface area (Å²) in [5.74, 6) is 0.336. The Morgan fingerprint density at radius 3 is 3.10 bits per heavy atom. The van der Waals surface area contributed by atoms with E-state index in [2.05, 4.69) is 27.0 Å². The maximum Gasteiger partial charge on any atom is 0.263 e. The summed E-state index contributed by atoms with van der Waals surface area (Å²) >= 11 is 3.47. The third-order valence-electron chi connectivity index (χ3n) is 3.46. The Morgan fingerprint density at radius 2 is 2.29 bits per heavy atom. The molecule has 2 heterocycles. The van der Waals surface area contributed by atoms with Crippen LogP contribution in [0.1, 0.15) is 22.8 Å². The van der Waals surface area contributed by atoms with Gasteiger partial charge in [-0.1, -0.05) is 15.9 Å². The number of nitrogens with zero attached hydrogens (tertiary/aromatic N) is 2. The van der Waals surface area contributed by atoms with Crippen LogP contribution >= 0.6 is 15.9 Å². The Kier molecular flexibility index (Phi) is 3.92. The molecule has 21 heavy (non-hydrogen) atoms. The zero-order chi connectivity index (χ0) is 14.8. The molecule has 0 bridgehead atoms. The topological polar surface area (TPSA) is 42.4 Å². The molecule has 0 fully saturated rings. The van der Waals surface area contributed by atoms with Crippen molar-refractivity contribution in [1.29, 1.82) is 0 Å². The van der Waals surface area contributed by atoms with Crippen molar-refractivity contribution in [3.8, 4) is 5.88 Å². The lowest BCUT2D eigenvalue weighted by Crippen LogP contribution is -2.29. The van der Waals surface area contributed by atoms with Crippen molar-refractivity contribution in [2.45, 2.75) is 13.3 Å². The fourth-order valence-corrected chi connectivity index (χ4v) is 2.94. The SMILES string of the molecule is CCOc1ncccc1C(=O)N1CCc2cc(Br)ccc21. The van der Waals surface area contributed by atoms with Gasteiger partial charge in [-0.05, 0) is 49.2 Å². The second kappa shape index (κ2) is 5.85. The molecular weight excluding hydrogens is 332 g/mol. The number of aromatic nitrogens is 1. The van der Waals surface area contributed by atoms with Crippen LogP contribution in [0.5, 0.6) is 5.88 Å². The molecule has 108 valence electrons. The van der Waals surface area contributed by atoms with E-state index in [4.69, 9.17) is 4.74 Å². The highest BCUT2D eigenvalue weighted by Crippen LogP contribution is 2.32. The van der Waals surface area contributed by atoms with Crippen molar-refractivity contribution in [2.24, 2.45) is 0 Å². The minimum Gasteiger partial charge on any atom is -0.477 e. The van der Waals surface area contributed by atoms with E-state index in [1.165, 1.54) is 5.56 Å². The van der Waals surface area contributed by atoms with Gasteiger partial charge in [-0.25, -0.2) is 4.98 Å². The molecule has 0 radical (unpaired) electrons. The molecule has 0 saturated carbocycles. The standard InChI is InChI=1S/C16H15BrN2O2/c1-2-21-15-13(4-3-8-18-15)16(20)19-9-7-11-10-12(17)5-6-14(11)19/h3-6,8,10H,2,7,9H2,1H3. The quantitative estimate of drug-likeness (QED) is 0.854. The first kappa shape index (κ1) is 14.1. The van der Waals surface area contributed by atoms with Gasteiger partial charge in [0.2, 0.25) is 5.88 Å². The van der Waals surface area contributed by atoms with Gasteiger partial charge in [0.15, 0.2) is 0 Å². The van der Waals surface area contributed by atoms with E-state index < -0.39 is 0 Å². The molecular formula is C16H15BrN2O2. The van der Waals surface area contributed by atoms with Gasteiger partial charge < -0.3 is 9.64 Å². The summed E-state index contributed by atoms with van der Waals surface area (Å²) in [5.41, 5.74) is 2.66. The maximum atomic E-state index is 12.8. The van der Waals surface area contributed by atoms with Crippen molar-refractivity contribution in [3.05, 3.63) is 52.1 Å². The lowest BCUT2D eigenvalue weighted by atomic mass is 10.2. The molecule has 1 aliphatic rings. The van der Waals surface area contributed by atoms with Crippen molar-refractivity contribution >= 4 is 27.5 Å². The molecule has 5 heteroatoms. The number of rotatable bonds is 3. The molecule has 2 aromatic rings. The third-order valence-corrected chi connectivity index (χ3v) is 3.96. The third kappa shape index (κ3) is 2.65. The van der Waals surface area contributed by atoms with E-state index in [0.29, 0.717) is 24.6 Å². The van der Waals surface area contributed by atoms with Crippen molar-refractivity contribution in [1.82, 2.24) is 4.98 Å². The van der Waals surface area contributed by atoms with Gasteiger partial charge in [0.25, 0.3) is 5.91 Å². The number of benzene rings is 1. The monoisotopic (exact) mass is 346 g/mol. The summed E-state index contributed by atoms with van der Waals surface area (Å²) in [6.45, 7) is 3.05. The van der Waals surface area contributed by atoms with Crippen LogP contribution in [0.4, 0.5) is 5.69 Å². The number of anilines is 1. The second-order valence-electron chi connectivity index (χ2n) is 4.77. The average molecular weight is 347 g/mol. The Hall–Kier alpha value is -1.88. The molecule has 0 unspecified atom stereocenters. The first-order valence-corrected chi connectivity index (χ1v) is 7.68. The summed E-state index contributed by atoms with van der Waals surface area (Å²) in [6.07, 6.45) is 2.50. The molecule has 1 aromatic carbocycles. The average Bonchev–Trinajstić information content (AvgIpc) is 2.90. The van der Waals surface area contributed by atoms with Crippen LogP contribution in [0.15, 0.2) is 41.0 Å². The molecule has 1 amide bonds. The van der Waals surface area contributed by atoms with Gasteiger partial charge in [-0.3, -0.25) is 4.79 Å². The number of carbonyl (C=O) groups excluding carboxylic acids is 1. The molecule has 1 aliphatic heterocycles. The Balaban J connectivity index is 1.95. The number of fused-ring (bicyclic) bond motifs is 1. The molecule has 0 N–H and O–H groups in total. The second-order valence-corrected chi connectivity index (χ2v) is 5.68. The van der Waals surface area contributed by atoms with Gasteiger partial charge >= 0.3 is 0 Å². The largest absolute Gasteiger partial charge is 0.477 e. The smallest absolute Gasteiger partial charge is 0.263 e. The van der Waals surface area contributed by atoms with Gasteiger partial charge in [-0.15, -0.1) is 0 Å². The Morgan fingerprint density at radius 1 is 1.43 bits per heavy atom. The highest BCUT2D eigenvalue weighted by Gasteiger charge is 2.27. The van der Waals surface area contributed by atoms with Crippen LogP contribution in [0, 0.1) is 0 Å². The number of pyridine rings is 1. The van der Waals surface area contributed by atoms with E-state index in [1.807, 2.05) is 19.1 Å². The Bertz CT molecular complexity index is 688. The minimum absolute atomic E-state index is 0.0624. The molecule has 0 aliphatic carbocycles. The van der Waals surface area contributed by atoms with E-state index >= 15 is 0 Å². The zero-order valence-corrected chi connectivity index (χ0v) is 13.3. The first-order valence-electron chi connectivity index (χ1n) is 6.89. The predicted octanol–water partition coefficient (Wildman–Crippen LogP) is 3.45. The maximum absolute atomic E-state index is 12.8. The number of carbonyl (C=O) groups is 1. The summed E-state index contributed by atoms with van der Waals surface area (Å²) in [6, 6.07) is 9.51. The Labute approximate surface area is 131 Å². The van der Waals surface area contributed by atoms with Crippen LogP contribution in [0.25, 0.3) is 0 Å². The zero-order valence-electron chi connectivity index (χ0n) is 11.7. The molecule has 0 saturated heterocycles. The van der Waals surface area contributed by atoms with Crippen LogP contribution in [-0.4, -0.2) is 24.0 Å². The minimum atomic E-state index is -0.0624. The summed E-state index contributed by atoms with van der Waals surface area (Å²) < 4.78 is 6.49. The number of hydrogen-bond donors (Lipinski definition) is 0. The van der Waals surface area contributed by atoms with Crippen molar-refractivity contribution < 1.29 is 9.53 Å². The van der Waals surface area contributed by atoms with Crippen LogP contribution in [-0.2, 0) is 6.42 Å². The van der Waals surface area contributed by atoms with Gasteiger partial charge in [0.1, 0.15) is 5.56 Å². The number of halogens is 1. The van der Waals surface area contributed by atoms with Crippen molar-refractivity contribution in [3.63, 3.8) is 0 Å². The fourth-order valence-electron chi connectivity index (χ4n) is 2.53. The van der Waals surface area contributed by atoms with Gasteiger partial charge in [0.05, 0.1) is 6.61 Å². The summed E-state index contributed by atoms with van der Waals surface area (Å²) in [7, 11) is 0. The van der Waals surface area contributed by atoms with E-state index in [0.717, 1.165) is 16.6 Å². The van der Waals surface area contributed by atoms with Gasteiger partial charge in [0, 0.05) is 22.9 Å². The van der Waals surface area contributed by atoms with E-state index in [-0.39, 0.29) is 5.91 Å². The normalized spacial score (nSPS) is 13.1. The number of amides is 1. The summed E-state index contributed by atoms with van der Waals surface area (Å²) in [4.78, 5) is 18.7. The van der Waals surface area contributed by atoms with E-state index in [1.54, 1.807) is 23.2 Å². The number of ether oxygens (including phenoxy) is 1. The molecule has 0 atom stereocenters. The molecule has 0 spiro atoms. The first-order chi connectivity index (χ1) is 10.2. The van der Waals surface area contributed by atoms with Crippen LogP contribution in [0.3, 0.4) is 0 Å². The fraction of sp³-hybridized carbons (Fsp3) is 0.250. The lowest BCUT2D eigenvalue weighted by molar-refractivity contribution is 0.0985. The van der Waals surface area contributed by atoms with Gasteiger partial charge in [-0.2, -0.15) is 0 Å². The summed E-state index contributed by atoms with van der Waals surface area (Å²) in [5, 5.41) is 0. The van der Waals surface area contributed by atoms with E-state index in [9.17, 15) is 4.79 Å². The molecule has 1 aromatic heterocycles. The van der Waals surface area contributed by atoms with Crippen LogP contribution < -0.4 is 9.64 Å². The molecule has 3 rings (SSSR count). The highest BCUT2D eigenvalue weighted by molar-refractivity contribution is 9.10. The molecule has 4 nitrogen and oxygen atoms in total. The van der Waals surface area contributed by atoms with Crippen molar-refractivity contribution in [2.75, 3.05) is 18.1 Å². The lowest BCUT2D eigenvalue weighted by Gasteiger charge is -2.18. The highest BCUT2D eigenvalue weighted by atomic mass is 79.9. The number of hydrogen-bond acceptors (Lipinski definition) is 3. The van der Waals surface area contributed by atoms with Crippen LogP contribution in [0.2, 0.25) is 0 Å². The predicted molar refractivity (Wildman–Crippen MR) is 84.9 cm³/mol.